The lowest BCUT2D eigenvalue weighted by Gasteiger charge is -2.51. The van der Waals surface area contributed by atoms with E-state index in [1.165, 1.54) is 103 Å². The minimum atomic E-state index is -0.687. The van der Waals surface area contributed by atoms with Crippen molar-refractivity contribution in [3.05, 3.63) is 281 Å². The summed E-state index contributed by atoms with van der Waals surface area (Å²) in [6.07, 6.45) is 6.15. The van der Waals surface area contributed by atoms with E-state index in [0.717, 1.165) is 12.1 Å². The molecule has 3 atom stereocenters. The number of hydrogen-bond donors (Lipinski definition) is 0. The van der Waals surface area contributed by atoms with Gasteiger partial charge in [-0.2, -0.15) is 0 Å². The number of benzene rings is 9. The fourth-order valence-corrected chi connectivity index (χ4v) is 14.5. The van der Waals surface area contributed by atoms with E-state index in [0.29, 0.717) is 5.25 Å². The van der Waals surface area contributed by atoms with Crippen molar-refractivity contribution < 1.29 is 0 Å². The van der Waals surface area contributed by atoms with Gasteiger partial charge >= 0.3 is 0 Å². The molecule has 2 aliphatic carbocycles. The topological polar surface area (TPSA) is 4.93 Å². The highest BCUT2D eigenvalue weighted by Crippen LogP contribution is 2.63. The van der Waals surface area contributed by atoms with E-state index in [1.807, 2.05) is 23.1 Å². The minimum Gasteiger partial charge on any atom is -0.309 e. The molecule has 3 heteroatoms. The van der Waals surface area contributed by atoms with Crippen LogP contribution in [0.4, 0.5) is 0 Å². The Bertz CT molecular complexity index is 3780. The molecule has 3 aliphatic rings. The number of allylic oxidation sites excluding steroid dienone is 3. The maximum atomic E-state index is 2.61. The van der Waals surface area contributed by atoms with Gasteiger partial charge in [0.2, 0.25) is 0 Å². The molecule has 306 valence electrons. The van der Waals surface area contributed by atoms with Crippen molar-refractivity contribution in [3.8, 4) is 5.69 Å². The van der Waals surface area contributed by atoms with Crippen LogP contribution in [0.25, 0.3) is 53.2 Å². The molecule has 3 unspecified atom stereocenters. The van der Waals surface area contributed by atoms with E-state index in [2.05, 4.69) is 235 Å². The molecule has 0 amide bonds. The van der Waals surface area contributed by atoms with Crippen molar-refractivity contribution >= 4 is 70.6 Å². The van der Waals surface area contributed by atoms with Gasteiger partial charge in [0.15, 0.2) is 0 Å². The highest BCUT2D eigenvalue weighted by atomic mass is 32.2. The van der Waals surface area contributed by atoms with Gasteiger partial charge in [0, 0.05) is 46.8 Å². The Hall–Kier alpha value is -7.17. The highest BCUT2D eigenvalue weighted by molar-refractivity contribution is 8.00. The fraction of sp³-hybridized carbons (Fsp3) is 0.0645. The maximum absolute atomic E-state index is 2.61. The van der Waals surface area contributed by atoms with E-state index < -0.39 is 10.8 Å². The molecule has 0 fully saturated rings. The summed E-state index contributed by atoms with van der Waals surface area (Å²) in [5.74, 6) is 0. The molecule has 14 rings (SSSR count). The van der Waals surface area contributed by atoms with E-state index in [-0.39, 0.29) is 0 Å². The third-order valence-electron chi connectivity index (χ3n) is 14.7. The average molecular weight is 864 g/mol. The molecule has 0 saturated heterocycles. The van der Waals surface area contributed by atoms with Gasteiger partial charge in [0.25, 0.3) is 0 Å². The lowest BCUT2D eigenvalue weighted by molar-refractivity contribution is 0.613. The zero-order chi connectivity index (χ0) is 42.7. The number of thioether (sulfide) groups is 1. The van der Waals surface area contributed by atoms with Crippen LogP contribution in [0, 0.1) is 0 Å². The van der Waals surface area contributed by atoms with Crippen molar-refractivity contribution in [3.63, 3.8) is 0 Å². The van der Waals surface area contributed by atoms with Gasteiger partial charge in [-0.1, -0.05) is 176 Å². The van der Waals surface area contributed by atoms with Gasteiger partial charge in [-0.15, -0.1) is 23.1 Å². The Morgan fingerprint density at radius 1 is 0.431 bits per heavy atom. The minimum absolute atomic E-state index is 0.390. The molecule has 0 N–H and O–H groups in total. The van der Waals surface area contributed by atoms with Crippen LogP contribution >= 0.6 is 23.1 Å². The van der Waals surface area contributed by atoms with Crippen molar-refractivity contribution in [2.45, 2.75) is 27.4 Å². The van der Waals surface area contributed by atoms with Crippen LogP contribution in [0.1, 0.15) is 50.9 Å². The van der Waals surface area contributed by atoms with Crippen LogP contribution < -0.4 is 0 Å². The van der Waals surface area contributed by atoms with Crippen molar-refractivity contribution in [1.82, 2.24) is 4.57 Å². The lowest BCUT2D eigenvalue weighted by Crippen LogP contribution is -2.46. The van der Waals surface area contributed by atoms with E-state index in [4.69, 9.17) is 0 Å². The van der Waals surface area contributed by atoms with Crippen molar-refractivity contribution in [1.29, 1.82) is 0 Å². The van der Waals surface area contributed by atoms with Gasteiger partial charge in [-0.05, 0) is 117 Å². The number of nitrogens with zero attached hydrogens (tertiary/aromatic N) is 1. The molecule has 65 heavy (non-hydrogen) atoms. The van der Waals surface area contributed by atoms with Crippen molar-refractivity contribution in [2.75, 3.05) is 0 Å². The summed E-state index contributed by atoms with van der Waals surface area (Å²) in [4.78, 5) is 1.38. The highest BCUT2D eigenvalue weighted by Gasteiger charge is 2.55. The van der Waals surface area contributed by atoms with Crippen molar-refractivity contribution in [2.24, 2.45) is 0 Å². The maximum Gasteiger partial charge on any atom is 0.0708 e. The second kappa shape index (κ2) is 14.2. The summed E-state index contributed by atoms with van der Waals surface area (Å²) in [7, 11) is 0. The molecule has 11 aromatic rings. The molecule has 9 aromatic carbocycles. The number of aromatic nitrogens is 1. The summed E-state index contributed by atoms with van der Waals surface area (Å²) in [6.45, 7) is 0. The van der Waals surface area contributed by atoms with Gasteiger partial charge in [0.05, 0.1) is 21.9 Å². The Morgan fingerprint density at radius 2 is 1.05 bits per heavy atom. The number of thiophene rings is 1. The normalized spacial score (nSPS) is 19.7. The van der Waals surface area contributed by atoms with Gasteiger partial charge in [-0.3, -0.25) is 0 Å². The molecule has 0 saturated carbocycles. The van der Waals surface area contributed by atoms with E-state index in [9.17, 15) is 0 Å². The van der Waals surface area contributed by atoms with Gasteiger partial charge < -0.3 is 4.57 Å². The predicted octanol–water partition coefficient (Wildman–Crippen LogP) is 16.1. The van der Waals surface area contributed by atoms with Gasteiger partial charge in [0.1, 0.15) is 0 Å². The average Bonchev–Trinajstić information content (AvgIpc) is 4.05. The van der Waals surface area contributed by atoms with Crippen LogP contribution in [-0.2, 0) is 10.8 Å². The molecule has 0 spiro atoms. The van der Waals surface area contributed by atoms with E-state index in [1.54, 1.807) is 0 Å². The Labute approximate surface area is 386 Å². The molecular formula is C62H41NS2. The Balaban J connectivity index is 1.20. The summed E-state index contributed by atoms with van der Waals surface area (Å²) in [5, 5.41) is 5.51. The standard InChI is InChI=1S/C62H41NS2/c1-4-18-40(19-5-1)61(42-32-34-59-49(36-42)46-25-11-16-30-57(46)64-59)51-27-13-14-28-52(51)62(41-20-6-2-7-21-41,43-33-35-60-50(37-43)47-26-12-17-31-58(47)65-60)54-39-56-48(38-53(54)61)45-24-10-15-29-55(45)63(56)44-22-8-3-9-23-44/h1-34,36-39,60H,35H2. The van der Waals surface area contributed by atoms with Gasteiger partial charge in [-0.25, -0.2) is 0 Å². The zero-order valence-electron chi connectivity index (χ0n) is 35.5. The van der Waals surface area contributed by atoms with Crippen LogP contribution in [0.5, 0.6) is 0 Å². The number of para-hydroxylation sites is 2. The number of hydrogen-bond acceptors (Lipinski definition) is 2. The first-order valence-electron chi connectivity index (χ1n) is 22.7. The lowest BCUT2D eigenvalue weighted by atomic mass is 9.50. The summed E-state index contributed by atoms with van der Waals surface area (Å²) in [6, 6.07) is 82.8. The molecule has 1 aliphatic heterocycles. The molecule has 1 nitrogen and oxygen atoms in total. The zero-order valence-corrected chi connectivity index (χ0v) is 37.1. The SMILES string of the molecule is C1=C2c3ccccc3SC2CC=C1C1(c2ccccc2)c2ccccc2C(c2ccccc2)(c2ccc3sc4ccccc4c3c2)c2cc3c4ccccc4n(-c4ccccc4)c3cc21. The Morgan fingerprint density at radius 3 is 1.85 bits per heavy atom. The summed E-state index contributed by atoms with van der Waals surface area (Å²) in [5.41, 5.74) is 15.4. The monoisotopic (exact) mass is 863 g/mol. The van der Waals surface area contributed by atoms with Crippen LogP contribution in [-0.4, -0.2) is 9.82 Å². The van der Waals surface area contributed by atoms with Crippen LogP contribution in [0.15, 0.2) is 241 Å². The first kappa shape index (κ1) is 37.2. The quantitative estimate of drug-likeness (QED) is 0.167. The molecule has 3 heterocycles. The summed E-state index contributed by atoms with van der Waals surface area (Å²) < 4.78 is 5.13. The number of rotatable bonds is 5. The second-order valence-corrected chi connectivity index (χ2v) is 20.1. The molecule has 0 radical (unpaired) electrons. The Kier molecular flexibility index (Phi) is 8.11. The predicted molar refractivity (Wildman–Crippen MR) is 275 cm³/mol. The smallest absolute Gasteiger partial charge is 0.0708 e. The fourth-order valence-electron chi connectivity index (χ4n) is 12.1. The third-order valence-corrected chi connectivity index (χ3v) is 17.2. The molecule has 2 aromatic heterocycles. The molecule has 0 bridgehead atoms. The third kappa shape index (κ3) is 5.11. The molecular weight excluding hydrogens is 823 g/mol. The summed E-state index contributed by atoms with van der Waals surface area (Å²) >= 11 is 3.91. The largest absolute Gasteiger partial charge is 0.309 e. The van der Waals surface area contributed by atoms with Crippen LogP contribution in [0.3, 0.4) is 0 Å². The first-order chi connectivity index (χ1) is 32.2. The van der Waals surface area contributed by atoms with Crippen LogP contribution in [0.2, 0.25) is 0 Å². The van der Waals surface area contributed by atoms with E-state index >= 15 is 0 Å². The second-order valence-electron chi connectivity index (χ2n) is 17.8. The number of fused-ring (bicyclic) bond motifs is 11. The first-order valence-corrected chi connectivity index (χ1v) is 24.4.